The minimum Gasteiger partial charge on any atom is -0.477 e. The van der Waals surface area contributed by atoms with Crippen LogP contribution < -0.4 is 5.32 Å². The van der Waals surface area contributed by atoms with Gasteiger partial charge in [-0.3, -0.25) is 19.2 Å². The molecule has 1 fully saturated rings. The van der Waals surface area contributed by atoms with Crippen LogP contribution in [-0.2, 0) is 16.1 Å². The number of carbonyl (C=O) groups excluding carboxylic acids is 2. The number of amides is 2. The molecule has 0 spiro atoms. The number of aryl methyl sites for hydroxylation is 2. The maximum atomic E-state index is 12.7. The monoisotopic (exact) mass is 466 g/mol. The molecular formula is C17H18N6O4S3. The van der Waals surface area contributed by atoms with E-state index in [9.17, 15) is 19.5 Å². The molecule has 4 rings (SSSR count). The topological polar surface area (TPSA) is 130 Å². The number of hydrogen-bond donors (Lipinski definition) is 2. The summed E-state index contributed by atoms with van der Waals surface area (Å²) in [7, 11) is 0. The predicted molar refractivity (Wildman–Crippen MR) is 112 cm³/mol. The Morgan fingerprint density at radius 3 is 2.87 bits per heavy atom. The van der Waals surface area contributed by atoms with E-state index in [1.54, 1.807) is 6.07 Å². The zero-order valence-corrected chi connectivity index (χ0v) is 18.5. The third-order valence-electron chi connectivity index (χ3n) is 4.66. The zero-order chi connectivity index (χ0) is 21.4. The fraction of sp³-hybridized carbons (Fsp3) is 0.412. The summed E-state index contributed by atoms with van der Waals surface area (Å²) in [5, 5.41) is 24.9. The highest BCUT2D eigenvalue weighted by molar-refractivity contribution is 8.01. The number of β-lactam (4-membered cyclic amide) rings is 1. The number of nitrogens with zero attached hydrogens (tertiary/aromatic N) is 5. The van der Waals surface area contributed by atoms with Crippen LogP contribution in [0.25, 0.3) is 0 Å². The van der Waals surface area contributed by atoms with Crippen molar-refractivity contribution in [1.29, 1.82) is 0 Å². The lowest BCUT2D eigenvalue weighted by Gasteiger charge is -2.49. The molecule has 0 aromatic carbocycles. The maximum Gasteiger partial charge on any atom is 0.352 e. The number of carboxylic acids is 1. The van der Waals surface area contributed by atoms with Crippen LogP contribution in [0.4, 0.5) is 0 Å². The van der Waals surface area contributed by atoms with Crippen molar-refractivity contribution >= 4 is 52.6 Å². The minimum atomic E-state index is -1.15. The minimum absolute atomic E-state index is 0.00147. The second-order valence-corrected chi connectivity index (χ2v) is 10.0. The average Bonchev–Trinajstić information content (AvgIpc) is 3.37. The molecule has 2 N–H and O–H groups in total. The fourth-order valence-corrected chi connectivity index (χ4v) is 6.57. The Morgan fingerprint density at radius 1 is 1.40 bits per heavy atom. The highest BCUT2D eigenvalue weighted by atomic mass is 32.2. The average molecular weight is 467 g/mol. The van der Waals surface area contributed by atoms with Crippen molar-refractivity contribution in [1.82, 2.24) is 30.2 Å². The van der Waals surface area contributed by atoms with Crippen LogP contribution in [0, 0.1) is 6.92 Å². The normalized spacial score (nSPS) is 20.7. The van der Waals surface area contributed by atoms with Gasteiger partial charge in [-0.1, -0.05) is 23.1 Å². The molecule has 0 unspecified atom stereocenters. The maximum absolute atomic E-state index is 12.7. The molecule has 2 aromatic heterocycles. The van der Waals surface area contributed by atoms with E-state index in [4.69, 9.17) is 0 Å². The van der Waals surface area contributed by atoms with Gasteiger partial charge in [-0.2, -0.15) is 5.10 Å². The molecule has 0 radical (unpaired) electrons. The third-order valence-corrected chi connectivity index (χ3v) is 8.06. The van der Waals surface area contributed by atoms with Crippen molar-refractivity contribution < 1.29 is 19.5 Å². The quantitative estimate of drug-likeness (QED) is 0.457. The first kappa shape index (κ1) is 20.9. The summed E-state index contributed by atoms with van der Waals surface area (Å²) in [6.07, 6.45) is 1.53. The molecule has 4 heterocycles. The van der Waals surface area contributed by atoms with Crippen molar-refractivity contribution in [3.63, 3.8) is 0 Å². The van der Waals surface area contributed by atoms with Crippen molar-refractivity contribution in [2.24, 2.45) is 0 Å². The van der Waals surface area contributed by atoms with Crippen LogP contribution in [-0.4, -0.2) is 70.7 Å². The van der Waals surface area contributed by atoms with Gasteiger partial charge in [0.15, 0.2) is 4.34 Å². The Labute approximate surface area is 184 Å². The molecule has 10 nitrogen and oxygen atoms in total. The van der Waals surface area contributed by atoms with Gasteiger partial charge in [0.1, 0.15) is 27.8 Å². The Hall–Kier alpha value is -2.38. The molecule has 2 atom stereocenters. The van der Waals surface area contributed by atoms with Crippen LogP contribution in [0.1, 0.15) is 22.4 Å². The van der Waals surface area contributed by atoms with E-state index in [1.165, 1.54) is 50.6 Å². The Balaban J connectivity index is 1.48. The van der Waals surface area contributed by atoms with E-state index in [0.29, 0.717) is 29.3 Å². The first-order valence-electron chi connectivity index (χ1n) is 9.06. The highest BCUT2D eigenvalue weighted by Gasteiger charge is 2.54. The highest BCUT2D eigenvalue weighted by Crippen LogP contribution is 2.41. The number of fused-ring (bicyclic) bond motifs is 1. The summed E-state index contributed by atoms with van der Waals surface area (Å²) in [5.41, 5.74) is 1.02. The van der Waals surface area contributed by atoms with Crippen molar-refractivity contribution in [3.8, 4) is 0 Å². The molecule has 2 aliphatic heterocycles. The van der Waals surface area contributed by atoms with E-state index in [1.807, 2.05) is 13.8 Å². The lowest BCUT2D eigenvalue weighted by molar-refractivity contribution is -0.148. The molecule has 2 aliphatic rings. The molecule has 0 aliphatic carbocycles. The summed E-state index contributed by atoms with van der Waals surface area (Å²) in [5.74, 6) is -1.10. The number of carboxylic acid groups (broad SMARTS) is 1. The lowest BCUT2D eigenvalue weighted by atomic mass is 10.0. The Bertz CT molecular complexity index is 1050. The van der Waals surface area contributed by atoms with Crippen molar-refractivity contribution in [2.45, 2.75) is 36.1 Å². The van der Waals surface area contributed by atoms with Crippen LogP contribution >= 0.6 is 34.9 Å². The molecular weight excluding hydrogens is 448 g/mol. The molecule has 2 aromatic rings. The number of aromatic nitrogens is 4. The van der Waals surface area contributed by atoms with E-state index in [0.717, 1.165) is 9.35 Å². The third kappa shape index (κ3) is 3.72. The Kier molecular flexibility index (Phi) is 5.84. The standard InChI is InChI=1S/C17H18N6O4S3/c1-3-22-10(4-5-18-22)13(24)19-11-14(25)23-12(16(26)27)9(6-28-15(11)23)7-29-17-21-20-8(2)30-17/h4-5,11,15H,3,6-7H2,1-2H3,(H,19,24)(H,26,27)/t11-,15+/m0/s1. The smallest absolute Gasteiger partial charge is 0.352 e. The van der Waals surface area contributed by atoms with E-state index in [-0.39, 0.29) is 5.70 Å². The number of aliphatic carboxylic acids is 1. The largest absolute Gasteiger partial charge is 0.477 e. The van der Waals surface area contributed by atoms with Crippen molar-refractivity contribution in [3.05, 3.63) is 34.2 Å². The van der Waals surface area contributed by atoms with E-state index in [2.05, 4.69) is 20.6 Å². The van der Waals surface area contributed by atoms with Gasteiger partial charge in [0.2, 0.25) is 0 Å². The first-order chi connectivity index (χ1) is 14.4. The number of hydrogen-bond acceptors (Lipinski definition) is 9. The predicted octanol–water partition coefficient (Wildman–Crippen LogP) is 1.21. The van der Waals surface area contributed by atoms with Gasteiger partial charge >= 0.3 is 5.97 Å². The number of thioether (sulfide) groups is 2. The number of carbonyl (C=O) groups is 3. The molecule has 2 amide bonds. The SMILES string of the molecule is CCn1nccc1C(=O)N[C@H]1C(=O)N2C(C(=O)O)=C(CSc3nnc(C)s3)CS[C@H]12. The molecule has 13 heteroatoms. The summed E-state index contributed by atoms with van der Waals surface area (Å²) in [6, 6.07) is 0.818. The first-order valence-corrected chi connectivity index (χ1v) is 11.9. The van der Waals surface area contributed by atoms with Crippen LogP contribution in [0.2, 0.25) is 0 Å². The zero-order valence-electron chi connectivity index (χ0n) is 16.1. The molecule has 30 heavy (non-hydrogen) atoms. The van der Waals surface area contributed by atoms with Gasteiger partial charge < -0.3 is 10.4 Å². The summed E-state index contributed by atoms with van der Waals surface area (Å²) >= 11 is 4.29. The summed E-state index contributed by atoms with van der Waals surface area (Å²) < 4.78 is 2.29. The van der Waals surface area contributed by atoms with E-state index < -0.39 is 29.2 Å². The summed E-state index contributed by atoms with van der Waals surface area (Å²) in [6.45, 7) is 4.24. The molecule has 1 saturated heterocycles. The molecule has 0 bridgehead atoms. The van der Waals surface area contributed by atoms with Gasteiger partial charge in [0, 0.05) is 24.2 Å². The van der Waals surface area contributed by atoms with Crippen molar-refractivity contribution in [2.75, 3.05) is 11.5 Å². The molecule has 0 saturated carbocycles. The van der Waals surface area contributed by atoms with Crippen LogP contribution in [0.15, 0.2) is 27.9 Å². The lowest BCUT2D eigenvalue weighted by Crippen LogP contribution is -2.70. The number of rotatable bonds is 7. The second kappa shape index (κ2) is 8.40. The van der Waals surface area contributed by atoms with Crippen LogP contribution in [0.3, 0.4) is 0 Å². The second-order valence-electron chi connectivity index (χ2n) is 6.53. The van der Waals surface area contributed by atoms with Gasteiger partial charge in [-0.15, -0.1) is 22.0 Å². The molecule has 158 valence electrons. The Morgan fingerprint density at radius 2 is 2.20 bits per heavy atom. The van der Waals surface area contributed by atoms with Gasteiger partial charge in [0.25, 0.3) is 11.8 Å². The number of nitrogens with one attached hydrogen (secondary N) is 1. The fourth-order valence-electron chi connectivity index (χ4n) is 3.27. The summed E-state index contributed by atoms with van der Waals surface area (Å²) in [4.78, 5) is 38.5. The van der Waals surface area contributed by atoms with E-state index >= 15 is 0 Å². The van der Waals surface area contributed by atoms with Gasteiger partial charge in [0.05, 0.1) is 0 Å². The van der Waals surface area contributed by atoms with Crippen LogP contribution in [0.5, 0.6) is 0 Å². The van der Waals surface area contributed by atoms with Gasteiger partial charge in [-0.25, -0.2) is 4.79 Å². The van der Waals surface area contributed by atoms with Gasteiger partial charge in [-0.05, 0) is 25.5 Å².